The Balaban J connectivity index is 2.45. The fraction of sp³-hybridized carbons (Fsp3) is 0.200. The second-order valence-electron chi connectivity index (χ2n) is 1.62. The Hall–Kier alpha value is -0.810. The summed E-state index contributed by atoms with van der Waals surface area (Å²) in [4.78, 5) is 13.7. The SMILES string of the molecule is O=C(O)COc1nc(Cl)cs1. The molecule has 0 fully saturated rings. The molecule has 0 unspecified atom stereocenters. The topological polar surface area (TPSA) is 59.4 Å². The first kappa shape index (κ1) is 8.29. The molecule has 0 saturated heterocycles. The molecule has 1 aromatic heterocycles. The van der Waals surface area contributed by atoms with Crippen molar-refractivity contribution in [2.24, 2.45) is 0 Å². The van der Waals surface area contributed by atoms with Crippen LogP contribution in [0.4, 0.5) is 0 Å². The van der Waals surface area contributed by atoms with Gasteiger partial charge in [-0.1, -0.05) is 22.9 Å². The number of halogens is 1. The second kappa shape index (κ2) is 3.54. The van der Waals surface area contributed by atoms with Crippen molar-refractivity contribution in [1.82, 2.24) is 4.98 Å². The Morgan fingerprint density at radius 3 is 3.09 bits per heavy atom. The van der Waals surface area contributed by atoms with Crippen LogP contribution in [0.1, 0.15) is 0 Å². The molecule has 4 nitrogen and oxygen atoms in total. The monoisotopic (exact) mass is 193 g/mol. The van der Waals surface area contributed by atoms with Crippen LogP contribution < -0.4 is 4.74 Å². The lowest BCUT2D eigenvalue weighted by Crippen LogP contribution is -2.08. The van der Waals surface area contributed by atoms with Gasteiger partial charge < -0.3 is 9.84 Å². The summed E-state index contributed by atoms with van der Waals surface area (Å²) in [5, 5.41) is 10.4. The number of carbonyl (C=O) groups is 1. The predicted molar refractivity (Wildman–Crippen MR) is 40.3 cm³/mol. The van der Waals surface area contributed by atoms with Gasteiger partial charge in [-0.05, 0) is 0 Å². The second-order valence-corrected chi connectivity index (χ2v) is 2.83. The highest BCUT2D eigenvalue weighted by molar-refractivity contribution is 7.11. The van der Waals surface area contributed by atoms with Crippen molar-refractivity contribution in [2.75, 3.05) is 6.61 Å². The third-order valence-corrected chi connectivity index (χ3v) is 1.85. The quantitative estimate of drug-likeness (QED) is 0.785. The van der Waals surface area contributed by atoms with E-state index in [0.29, 0.717) is 5.15 Å². The van der Waals surface area contributed by atoms with Gasteiger partial charge in [0.15, 0.2) is 6.61 Å². The maximum Gasteiger partial charge on any atom is 0.341 e. The highest BCUT2D eigenvalue weighted by Crippen LogP contribution is 2.20. The van der Waals surface area contributed by atoms with Gasteiger partial charge in [-0.15, -0.1) is 0 Å². The number of carboxylic acids is 1. The zero-order valence-corrected chi connectivity index (χ0v) is 6.85. The maximum atomic E-state index is 10.00. The van der Waals surface area contributed by atoms with Crippen molar-refractivity contribution in [3.05, 3.63) is 10.5 Å². The molecular weight excluding hydrogens is 190 g/mol. The molecule has 0 saturated carbocycles. The third-order valence-electron chi connectivity index (χ3n) is 0.774. The van der Waals surface area contributed by atoms with Crippen LogP contribution >= 0.6 is 22.9 Å². The highest BCUT2D eigenvalue weighted by Gasteiger charge is 2.02. The minimum absolute atomic E-state index is 0.275. The fourth-order valence-corrected chi connectivity index (χ4v) is 1.22. The first-order chi connectivity index (χ1) is 5.18. The number of ether oxygens (including phenoxy) is 1. The number of aromatic nitrogens is 1. The van der Waals surface area contributed by atoms with Crippen LogP contribution in [0.5, 0.6) is 5.19 Å². The molecule has 0 atom stereocenters. The molecule has 0 aliphatic rings. The number of aliphatic carboxylic acids is 1. The Morgan fingerprint density at radius 2 is 2.64 bits per heavy atom. The first-order valence-corrected chi connectivity index (χ1v) is 3.90. The Labute approximate surface area is 71.4 Å². The normalized spacial score (nSPS) is 9.55. The molecule has 1 rings (SSSR count). The molecule has 0 radical (unpaired) electrons. The summed E-state index contributed by atoms with van der Waals surface area (Å²) in [6.45, 7) is -0.385. The number of carboxylic acid groups (broad SMARTS) is 1. The lowest BCUT2D eigenvalue weighted by atomic mass is 10.7. The van der Waals surface area contributed by atoms with Crippen molar-refractivity contribution in [1.29, 1.82) is 0 Å². The zero-order valence-electron chi connectivity index (χ0n) is 5.28. The average Bonchev–Trinajstić information content (AvgIpc) is 2.31. The Kier molecular flexibility index (Phi) is 2.67. The van der Waals surface area contributed by atoms with Gasteiger partial charge in [0.05, 0.1) is 0 Å². The van der Waals surface area contributed by atoms with Gasteiger partial charge in [0.2, 0.25) is 0 Å². The smallest absolute Gasteiger partial charge is 0.341 e. The van der Waals surface area contributed by atoms with E-state index in [2.05, 4.69) is 4.98 Å². The number of hydrogen-bond acceptors (Lipinski definition) is 4. The standard InChI is InChI=1S/C5H4ClNO3S/c6-3-2-11-5(7-3)10-1-4(8)9/h2H,1H2,(H,8,9). The summed E-state index contributed by atoms with van der Waals surface area (Å²) in [5.41, 5.74) is 0. The lowest BCUT2D eigenvalue weighted by Gasteiger charge is -1.94. The van der Waals surface area contributed by atoms with E-state index in [4.69, 9.17) is 21.4 Å². The summed E-state index contributed by atoms with van der Waals surface area (Å²) in [6, 6.07) is 0. The summed E-state index contributed by atoms with van der Waals surface area (Å²) < 4.78 is 4.71. The number of thiazole rings is 1. The van der Waals surface area contributed by atoms with E-state index in [9.17, 15) is 4.79 Å². The molecule has 0 bridgehead atoms. The molecule has 1 aromatic rings. The molecule has 6 heteroatoms. The van der Waals surface area contributed by atoms with Gasteiger partial charge in [0.1, 0.15) is 5.15 Å². The number of nitrogens with zero attached hydrogens (tertiary/aromatic N) is 1. The van der Waals surface area contributed by atoms with Crippen molar-refractivity contribution in [3.63, 3.8) is 0 Å². The van der Waals surface area contributed by atoms with Crippen molar-refractivity contribution < 1.29 is 14.6 Å². The molecule has 1 N–H and O–H groups in total. The molecular formula is C5H4ClNO3S. The van der Waals surface area contributed by atoms with Gasteiger partial charge in [-0.25, -0.2) is 4.79 Å². The van der Waals surface area contributed by atoms with E-state index in [-0.39, 0.29) is 11.8 Å². The van der Waals surface area contributed by atoms with E-state index < -0.39 is 5.97 Å². The van der Waals surface area contributed by atoms with Gasteiger partial charge in [-0.3, -0.25) is 0 Å². The maximum absolute atomic E-state index is 10.00. The molecule has 0 aromatic carbocycles. The fourth-order valence-electron chi connectivity index (χ4n) is 0.429. The molecule has 60 valence electrons. The van der Waals surface area contributed by atoms with Crippen LogP contribution in [0.3, 0.4) is 0 Å². The molecule has 0 spiro atoms. The molecule has 0 aliphatic carbocycles. The molecule has 0 amide bonds. The summed E-state index contributed by atoms with van der Waals surface area (Å²) in [7, 11) is 0. The summed E-state index contributed by atoms with van der Waals surface area (Å²) >= 11 is 6.61. The zero-order chi connectivity index (χ0) is 8.27. The van der Waals surface area contributed by atoms with E-state index >= 15 is 0 Å². The van der Waals surface area contributed by atoms with Crippen LogP contribution in [0.2, 0.25) is 5.15 Å². The van der Waals surface area contributed by atoms with E-state index in [1.165, 1.54) is 0 Å². The molecule has 11 heavy (non-hydrogen) atoms. The average molecular weight is 194 g/mol. The van der Waals surface area contributed by atoms with Crippen molar-refractivity contribution in [3.8, 4) is 5.19 Å². The van der Waals surface area contributed by atoms with Crippen LogP contribution in [0.25, 0.3) is 0 Å². The minimum atomic E-state index is -1.03. The van der Waals surface area contributed by atoms with Crippen molar-refractivity contribution >= 4 is 28.9 Å². The number of rotatable bonds is 3. The van der Waals surface area contributed by atoms with Gasteiger partial charge >= 0.3 is 5.97 Å². The summed E-state index contributed by atoms with van der Waals surface area (Å²) in [5.74, 6) is -1.03. The molecule has 1 heterocycles. The van der Waals surface area contributed by atoms with E-state index in [1.54, 1.807) is 5.38 Å². The first-order valence-electron chi connectivity index (χ1n) is 2.64. The van der Waals surface area contributed by atoms with Gasteiger partial charge in [0.25, 0.3) is 5.19 Å². The minimum Gasteiger partial charge on any atom is -0.479 e. The lowest BCUT2D eigenvalue weighted by molar-refractivity contribution is -0.139. The Morgan fingerprint density at radius 1 is 1.91 bits per heavy atom. The summed E-state index contributed by atoms with van der Waals surface area (Å²) in [6.07, 6.45) is 0. The predicted octanol–water partition coefficient (Wildman–Crippen LogP) is 1.26. The van der Waals surface area contributed by atoms with Crippen LogP contribution in [-0.2, 0) is 4.79 Å². The Bertz CT molecular complexity index is 262. The van der Waals surface area contributed by atoms with E-state index in [0.717, 1.165) is 11.3 Å². The van der Waals surface area contributed by atoms with Gasteiger partial charge in [0, 0.05) is 5.38 Å². The highest BCUT2D eigenvalue weighted by atomic mass is 35.5. The number of hydrogen-bond donors (Lipinski definition) is 1. The largest absolute Gasteiger partial charge is 0.479 e. The van der Waals surface area contributed by atoms with Crippen molar-refractivity contribution in [2.45, 2.75) is 0 Å². The molecule has 0 aliphatic heterocycles. The van der Waals surface area contributed by atoms with E-state index in [1.807, 2.05) is 0 Å². The van der Waals surface area contributed by atoms with Crippen LogP contribution in [-0.4, -0.2) is 22.7 Å². The van der Waals surface area contributed by atoms with Crippen LogP contribution in [0.15, 0.2) is 5.38 Å². The third kappa shape index (κ3) is 2.73. The van der Waals surface area contributed by atoms with Gasteiger partial charge in [-0.2, -0.15) is 4.98 Å². The van der Waals surface area contributed by atoms with Crippen LogP contribution in [0, 0.1) is 0 Å².